The van der Waals surface area contributed by atoms with Gasteiger partial charge in [0.05, 0.1) is 17.5 Å². The highest BCUT2D eigenvalue weighted by molar-refractivity contribution is 5.91. The summed E-state index contributed by atoms with van der Waals surface area (Å²) in [5.74, 6) is 0.478. The van der Waals surface area contributed by atoms with Crippen molar-refractivity contribution >= 4 is 22.6 Å². The Morgan fingerprint density at radius 1 is 1.03 bits per heavy atom. The zero-order valence-electron chi connectivity index (χ0n) is 19.7. The molecule has 0 bridgehead atoms. The fraction of sp³-hybridized carbons (Fsp3) is 0.286. The molecule has 0 unspecified atom stereocenters. The van der Waals surface area contributed by atoms with E-state index in [1.165, 1.54) is 0 Å². The van der Waals surface area contributed by atoms with Crippen molar-refractivity contribution in [3.63, 3.8) is 0 Å². The van der Waals surface area contributed by atoms with Gasteiger partial charge in [-0.05, 0) is 68.7 Å². The van der Waals surface area contributed by atoms with Crippen LogP contribution in [-0.4, -0.2) is 25.7 Å². The minimum absolute atomic E-state index is 0.288. The van der Waals surface area contributed by atoms with E-state index in [9.17, 15) is 4.79 Å². The molecule has 33 heavy (non-hydrogen) atoms. The molecule has 0 amide bonds. The van der Waals surface area contributed by atoms with Crippen LogP contribution in [0.5, 0.6) is 0 Å². The van der Waals surface area contributed by atoms with Crippen molar-refractivity contribution in [1.29, 1.82) is 0 Å². The van der Waals surface area contributed by atoms with Crippen molar-refractivity contribution in [2.24, 2.45) is 4.99 Å². The summed E-state index contributed by atoms with van der Waals surface area (Å²) in [5.41, 5.74) is 6.81. The van der Waals surface area contributed by atoms with Crippen LogP contribution in [-0.2, 0) is 11.2 Å². The molecule has 5 nitrogen and oxygen atoms in total. The van der Waals surface area contributed by atoms with Crippen molar-refractivity contribution in [3.8, 4) is 11.3 Å². The van der Waals surface area contributed by atoms with Crippen LogP contribution in [0.15, 0.2) is 64.0 Å². The molecule has 1 aliphatic heterocycles. The maximum Gasteiger partial charge on any atom is 0.338 e. The fourth-order valence-corrected chi connectivity index (χ4v) is 4.16. The number of aryl methyl sites for hydroxylation is 2. The number of hydrogen-bond acceptors (Lipinski definition) is 5. The lowest BCUT2D eigenvalue weighted by molar-refractivity contribution is 0.0509. The molecule has 0 saturated heterocycles. The predicted molar refractivity (Wildman–Crippen MR) is 133 cm³/mol. The minimum Gasteiger partial charge on any atom is -0.462 e. The summed E-state index contributed by atoms with van der Waals surface area (Å²) >= 11 is 0. The van der Waals surface area contributed by atoms with Gasteiger partial charge in [-0.15, -0.1) is 0 Å². The summed E-state index contributed by atoms with van der Waals surface area (Å²) in [6, 6.07) is 17.5. The normalized spacial score (nSPS) is 11.8. The first-order chi connectivity index (χ1) is 16.0. The standard InChI is InChI=1S/C28H30N2O3/c1-5-29-24-16-26-22(14-18(24)3)21(12-13-32-28(31)20-10-8-7-9-11-20)23-15-19(4)25(30-6-2)17-27(23)33-26/h7-11,14-17,29H,5-6,12-13H2,1-4H3. The average Bonchev–Trinajstić information content (AvgIpc) is 2.81. The van der Waals surface area contributed by atoms with E-state index in [1.54, 1.807) is 12.1 Å². The number of anilines is 1. The van der Waals surface area contributed by atoms with E-state index in [1.807, 2.05) is 31.2 Å². The van der Waals surface area contributed by atoms with Gasteiger partial charge in [0.15, 0.2) is 0 Å². The first-order valence-electron chi connectivity index (χ1n) is 11.5. The van der Waals surface area contributed by atoms with Crippen molar-refractivity contribution in [2.45, 2.75) is 34.1 Å². The molecule has 1 aliphatic carbocycles. The lowest BCUT2D eigenvalue weighted by Crippen LogP contribution is -2.12. The Bertz CT molecular complexity index is 1320. The molecule has 170 valence electrons. The van der Waals surface area contributed by atoms with Gasteiger partial charge in [-0.3, -0.25) is 4.99 Å². The van der Waals surface area contributed by atoms with Gasteiger partial charge < -0.3 is 14.5 Å². The Labute approximate surface area is 194 Å². The summed E-state index contributed by atoms with van der Waals surface area (Å²) in [4.78, 5) is 17.0. The topological polar surface area (TPSA) is 63.8 Å². The van der Waals surface area contributed by atoms with E-state index >= 15 is 0 Å². The Morgan fingerprint density at radius 3 is 2.55 bits per heavy atom. The van der Waals surface area contributed by atoms with Crippen molar-refractivity contribution < 1.29 is 13.9 Å². The van der Waals surface area contributed by atoms with E-state index in [-0.39, 0.29) is 12.6 Å². The van der Waals surface area contributed by atoms with E-state index in [0.717, 1.165) is 56.6 Å². The number of rotatable bonds is 7. The number of benzene rings is 3. The van der Waals surface area contributed by atoms with Gasteiger partial charge in [0.1, 0.15) is 11.3 Å². The molecular weight excluding hydrogens is 412 g/mol. The molecule has 5 heteroatoms. The predicted octanol–water partition coefficient (Wildman–Crippen LogP) is 5.91. The summed E-state index contributed by atoms with van der Waals surface area (Å²) in [5, 5.41) is 5.38. The van der Waals surface area contributed by atoms with Gasteiger partial charge in [0.2, 0.25) is 0 Å². The summed E-state index contributed by atoms with van der Waals surface area (Å²) < 4.78 is 12.0. The second-order valence-corrected chi connectivity index (χ2v) is 8.14. The van der Waals surface area contributed by atoms with E-state index in [0.29, 0.717) is 18.5 Å². The third-order valence-electron chi connectivity index (χ3n) is 5.79. The second-order valence-electron chi connectivity index (χ2n) is 8.14. The van der Waals surface area contributed by atoms with Crippen LogP contribution < -0.4 is 10.7 Å². The van der Waals surface area contributed by atoms with Gasteiger partial charge in [-0.2, -0.15) is 0 Å². The molecule has 0 atom stereocenters. The SMILES string of the molecule is CCN=c1cc2oc3cc(NCC)c(C)cc3c(CCOC(=O)c3ccccc3)c-2cc1C. The number of ether oxygens (including phenoxy) is 1. The summed E-state index contributed by atoms with van der Waals surface area (Å²) in [7, 11) is 0. The van der Waals surface area contributed by atoms with Crippen LogP contribution in [0.4, 0.5) is 5.69 Å². The smallest absolute Gasteiger partial charge is 0.338 e. The Kier molecular flexibility index (Phi) is 6.78. The zero-order valence-corrected chi connectivity index (χ0v) is 19.7. The molecule has 2 aliphatic rings. The third kappa shape index (κ3) is 4.77. The summed E-state index contributed by atoms with van der Waals surface area (Å²) in [6.45, 7) is 10.1. The van der Waals surface area contributed by atoms with Crippen LogP contribution in [0.3, 0.4) is 0 Å². The number of fused-ring (bicyclic) bond motifs is 2. The van der Waals surface area contributed by atoms with Gasteiger partial charge in [-0.25, -0.2) is 4.79 Å². The second kappa shape index (κ2) is 9.90. The lowest BCUT2D eigenvalue weighted by Gasteiger charge is -2.18. The van der Waals surface area contributed by atoms with Gasteiger partial charge >= 0.3 is 5.97 Å². The van der Waals surface area contributed by atoms with E-state index in [4.69, 9.17) is 9.15 Å². The third-order valence-corrected chi connectivity index (χ3v) is 5.79. The molecule has 0 radical (unpaired) electrons. The molecule has 0 saturated carbocycles. The first-order valence-corrected chi connectivity index (χ1v) is 11.5. The maximum atomic E-state index is 12.4. The molecule has 1 heterocycles. The van der Waals surface area contributed by atoms with Crippen molar-refractivity contribution in [2.75, 3.05) is 25.0 Å². The Balaban J connectivity index is 1.78. The largest absolute Gasteiger partial charge is 0.462 e. The fourth-order valence-electron chi connectivity index (χ4n) is 4.16. The number of carbonyl (C=O) groups excluding carboxylic acids is 1. The highest BCUT2D eigenvalue weighted by Crippen LogP contribution is 2.36. The molecule has 2 aromatic carbocycles. The van der Waals surface area contributed by atoms with Gasteiger partial charge in [0, 0.05) is 48.3 Å². The molecular formula is C28H30N2O3. The van der Waals surface area contributed by atoms with Crippen LogP contribution in [0.1, 0.15) is 40.9 Å². The number of hydrogen-bond donors (Lipinski definition) is 1. The molecule has 4 rings (SSSR count). The molecule has 0 aromatic heterocycles. The van der Waals surface area contributed by atoms with Crippen LogP contribution in [0.25, 0.3) is 22.3 Å². The molecule has 1 N–H and O–H groups in total. The van der Waals surface area contributed by atoms with Crippen molar-refractivity contribution in [1.82, 2.24) is 0 Å². The number of carbonyl (C=O) groups is 1. The zero-order chi connectivity index (χ0) is 23.4. The highest BCUT2D eigenvalue weighted by Gasteiger charge is 2.18. The minimum atomic E-state index is -0.310. The summed E-state index contributed by atoms with van der Waals surface area (Å²) in [6.07, 6.45) is 0.589. The van der Waals surface area contributed by atoms with E-state index in [2.05, 4.69) is 49.3 Å². The Morgan fingerprint density at radius 2 is 1.82 bits per heavy atom. The maximum absolute atomic E-state index is 12.4. The van der Waals surface area contributed by atoms with Crippen LogP contribution in [0.2, 0.25) is 0 Å². The highest BCUT2D eigenvalue weighted by atomic mass is 16.5. The molecule has 2 aromatic rings. The van der Waals surface area contributed by atoms with Gasteiger partial charge in [-0.1, -0.05) is 18.2 Å². The molecule has 0 spiro atoms. The first kappa shape index (κ1) is 22.6. The quantitative estimate of drug-likeness (QED) is 0.286. The van der Waals surface area contributed by atoms with Crippen molar-refractivity contribution in [3.05, 3.63) is 82.2 Å². The average molecular weight is 443 g/mol. The number of nitrogens with one attached hydrogen (secondary N) is 1. The number of esters is 1. The monoisotopic (exact) mass is 442 g/mol. The lowest BCUT2D eigenvalue weighted by atomic mass is 9.94. The van der Waals surface area contributed by atoms with Crippen LogP contribution in [0, 0.1) is 13.8 Å². The Hall–Kier alpha value is -3.60. The van der Waals surface area contributed by atoms with Gasteiger partial charge in [0.25, 0.3) is 0 Å². The molecule has 0 fully saturated rings. The number of nitrogens with zero attached hydrogens (tertiary/aromatic N) is 1. The van der Waals surface area contributed by atoms with Crippen LogP contribution >= 0.6 is 0 Å². The van der Waals surface area contributed by atoms with E-state index < -0.39 is 0 Å².